The van der Waals surface area contributed by atoms with E-state index in [1.54, 1.807) is 12.1 Å². The summed E-state index contributed by atoms with van der Waals surface area (Å²) >= 11 is 0. The first kappa shape index (κ1) is 29.6. The molecule has 2 aliphatic heterocycles. The second-order valence-corrected chi connectivity index (χ2v) is 11.6. The largest absolute Gasteiger partial charge is 0.478 e. The number of aromatic carboxylic acids is 1. The molecule has 3 aliphatic rings. The summed E-state index contributed by atoms with van der Waals surface area (Å²) in [5.41, 5.74) is 0.295. The molecule has 5 rings (SSSR count). The van der Waals surface area contributed by atoms with Gasteiger partial charge < -0.3 is 25.6 Å². The number of aliphatic hydroxyl groups is 1. The van der Waals surface area contributed by atoms with Crippen LogP contribution in [-0.4, -0.2) is 63.7 Å². The third-order valence-electron chi connectivity index (χ3n) is 9.01. The Morgan fingerprint density at radius 2 is 1.64 bits per heavy atom. The van der Waals surface area contributed by atoms with Crippen LogP contribution in [0.25, 0.3) is 0 Å². The van der Waals surface area contributed by atoms with Crippen LogP contribution in [0.1, 0.15) is 80.3 Å². The fourth-order valence-electron chi connectivity index (χ4n) is 6.49. The van der Waals surface area contributed by atoms with E-state index in [2.05, 4.69) is 27.4 Å². The standard InChI is InChI=1S/C33H39N3O6/c1-2-3-9-27(22-10-14-25(15-11-22)42-26-16-12-24(13-17-26)31(39)40)36-20-18-33(19-21-36)32(41)34-28(30(38)35-33)29(37)23-7-5-4-6-8-23/h10-17,23,27-29,37H,4-9,18-21H2,1H3,(H,34,41)(H,35,38)(H,39,40)/t27?,28-,29-/m1/s1. The monoisotopic (exact) mass is 573 g/mol. The number of nitrogens with zero attached hydrogens (tertiary/aromatic N) is 1. The first-order valence-corrected chi connectivity index (χ1v) is 14.9. The number of rotatable bonds is 8. The number of carbonyl (C=O) groups excluding carboxylic acids is 2. The van der Waals surface area contributed by atoms with E-state index in [1.807, 2.05) is 31.2 Å². The molecule has 4 N–H and O–H groups in total. The van der Waals surface area contributed by atoms with Crippen LogP contribution in [0.3, 0.4) is 0 Å². The predicted molar refractivity (Wildman–Crippen MR) is 157 cm³/mol. The van der Waals surface area contributed by atoms with Crippen LogP contribution in [0.15, 0.2) is 48.5 Å². The minimum atomic E-state index is -0.986. The topological polar surface area (TPSA) is 128 Å². The van der Waals surface area contributed by atoms with Gasteiger partial charge in [0.05, 0.1) is 11.7 Å². The maximum Gasteiger partial charge on any atom is 0.335 e. The van der Waals surface area contributed by atoms with Crippen molar-refractivity contribution in [2.75, 3.05) is 13.1 Å². The molecule has 9 heteroatoms. The van der Waals surface area contributed by atoms with Crippen LogP contribution in [0.2, 0.25) is 0 Å². The molecule has 0 aromatic heterocycles. The number of piperidine rings is 1. The highest BCUT2D eigenvalue weighted by molar-refractivity contribution is 6.00. The Kier molecular flexibility index (Phi) is 9.15. The zero-order valence-corrected chi connectivity index (χ0v) is 24.0. The number of carboxylic acid groups (broad SMARTS) is 1. The molecule has 1 saturated carbocycles. The first-order chi connectivity index (χ1) is 20.3. The predicted octanol–water partition coefficient (Wildman–Crippen LogP) is 4.02. The second kappa shape index (κ2) is 13.0. The molecule has 2 aromatic carbocycles. The highest BCUT2D eigenvalue weighted by Gasteiger charge is 2.51. The number of aliphatic hydroxyl groups excluding tert-OH is 1. The van der Waals surface area contributed by atoms with E-state index >= 15 is 0 Å². The lowest BCUT2D eigenvalue weighted by atomic mass is 9.79. The fourth-order valence-corrected chi connectivity index (χ4v) is 6.49. The minimum absolute atomic E-state index is 0.00178. The van der Waals surface area contributed by atoms with Crippen molar-refractivity contribution in [3.63, 3.8) is 0 Å². The Bertz CT molecular complexity index is 1330. The molecular formula is C33H39N3O6. The zero-order chi connectivity index (χ0) is 29.7. The average Bonchev–Trinajstić information content (AvgIpc) is 3.01. The Morgan fingerprint density at radius 1 is 1.02 bits per heavy atom. The van der Waals surface area contributed by atoms with Crippen LogP contribution < -0.4 is 15.4 Å². The lowest BCUT2D eigenvalue weighted by Crippen LogP contribution is -2.74. The Hall–Kier alpha value is -3.87. The van der Waals surface area contributed by atoms with Crippen molar-refractivity contribution in [3.8, 4) is 23.3 Å². The molecule has 2 saturated heterocycles. The highest BCUT2D eigenvalue weighted by atomic mass is 16.5. The van der Waals surface area contributed by atoms with Crippen molar-refractivity contribution in [1.29, 1.82) is 0 Å². The Balaban J connectivity index is 1.22. The van der Waals surface area contributed by atoms with Crippen LogP contribution in [0.4, 0.5) is 0 Å². The van der Waals surface area contributed by atoms with E-state index in [0.717, 1.165) is 37.7 Å². The van der Waals surface area contributed by atoms with Crippen molar-refractivity contribution in [2.45, 2.75) is 82.0 Å². The molecule has 1 aliphatic carbocycles. The molecule has 2 amide bonds. The number of carbonyl (C=O) groups is 3. The zero-order valence-electron chi connectivity index (χ0n) is 24.0. The van der Waals surface area contributed by atoms with Gasteiger partial charge in [0.25, 0.3) is 0 Å². The van der Waals surface area contributed by atoms with Crippen molar-refractivity contribution >= 4 is 17.8 Å². The minimum Gasteiger partial charge on any atom is -0.478 e. The van der Waals surface area contributed by atoms with E-state index in [0.29, 0.717) is 43.9 Å². The number of hydrogen-bond donors (Lipinski definition) is 4. The van der Waals surface area contributed by atoms with Gasteiger partial charge in [-0.25, -0.2) is 4.79 Å². The summed E-state index contributed by atoms with van der Waals surface area (Å²) in [4.78, 5) is 39.9. The van der Waals surface area contributed by atoms with Crippen LogP contribution in [0.5, 0.6) is 11.5 Å². The van der Waals surface area contributed by atoms with Crippen molar-refractivity contribution in [1.82, 2.24) is 15.5 Å². The summed E-state index contributed by atoms with van der Waals surface area (Å²) in [6, 6.07) is 13.1. The lowest BCUT2D eigenvalue weighted by molar-refractivity contribution is -0.148. The summed E-state index contributed by atoms with van der Waals surface area (Å²) < 4.78 is 5.90. The van der Waals surface area contributed by atoms with Gasteiger partial charge in [0.1, 0.15) is 23.1 Å². The van der Waals surface area contributed by atoms with Gasteiger partial charge in [0, 0.05) is 25.6 Å². The first-order valence-electron chi connectivity index (χ1n) is 14.9. The van der Waals surface area contributed by atoms with Crippen molar-refractivity contribution in [2.24, 2.45) is 5.92 Å². The van der Waals surface area contributed by atoms with Gasteiger partial charge in [-0.15, -0.1) is 11.8 Å². The third kappa shape index (κ3) is 6.45. The summed E-state index contributed by atoms with van der Waals surface area (Å²) in [6.07, 6.45) is 5.72. The van der Waals surface area contributed by atoms with Gasteiger partial charge in [-0.3, -0.25) is 14.5 Å². The number of benzene rings is 2. The van der Waals surface area contributed by atoms with E-state index in [4.69, 9.17) is 9.84 Å². The molecule has 3 fully saturated rings. The molecule has 1 unspecified atom stereocenters. The van der Waals surface area contributed by atoms with E-state index < -0.39 is 23.7 Å². The number of carboxylic acids is 1. The summed E-state index contributed by atoms with van der Waals surface area (Å²) in [7, 11) is 0. The maximum absolute atomic E-state index is 13.4. The van der Waals surface area contributed by atoms with Gasteiger partial charge in [0.2, 0.25) is 11.8 Å². The van der Waals surface area contributed by atoms with Crippen LogP contribution in [-0.2, 0) is 9.59 Å². The quantitative estimate of drug-likeness (QED) is 0.351. The number of hydrogen-bond acceptors (Lipinski definition) is 6. The van der Waals surface area contributed by atoms with Crippen LogP contribution in [0, 0.1) is 17.8 Å². The SMILES string of the molecule is CC#CCC(c1ccc(Oc2ccc(C(=O)O)cc2)cc1)N1CCC2(CC1)NC(=O)[C@@H]([C@H](O)C1CCCCC1)NC2=O. The van der Waals surface area contributed by atoms with E-state index in [9.17, 15) is 19.5 Å². The van der Waals surface area contributed by atoms with E-state index in [-0.39, 0.29) is 29.3 Å². The maximum atomic E-state index is 13.4. The fraction of sp³-hybridized carbons (Fsp3) is 0.485. The molecular weight excluding hydrogens is 534 g/mol. The van der Waals surface area contributed by atoms with Gasteiger partial charge in [-0.1, -0.05) is 31.4 Å². The molecule has 9 nitrogen and oxygen atoms in total. The Labute approximate surface area is 246 Å². The number of piperazine rings is 1. The van der Waals surface area contributed by atoms with Gasteiger partial charge in [-0.05, 0) is 80.5 Å². The number of likely N-dealkylation sites (tertiary alicyclic amines) is 1. The van der Waals surface area contributed by atoms with E-state index in [1.165, 1.54) is 12.1 Å². The lowest BCUT2D eigenvalue weighted by Gasteiger charge is -2.47. The number of ether oxygens (including phenoxy) is 1. The molecule has 2 heterocycles. The average molecular weight is 574 g/mol. The highest BCUT2D eigenvalue weighted by Crippen LogP contribution is 2.35. The summed E-state index contributed by atoms with van der Waals surface area (Å²) in [5.74, 6) is 5.93. The molecule has 1 spiro atoms. The second-order valence-electron chi connectivity index (χ2n) is 11.6. The normalized spacial score (nSPS) is 22.3. The van der Waals surface area contributed by atoms with Crippen molar-refractivity contribution in [3.05, 3.63) is 59.7 Å². The number of nitrogens with one attached hydrogen (secondary N) is 2. The summed E-state index contributed by atoms with van der Waals surface area (Å²) in [6.45, 7) is 3.02. The third-order valence-corrected chi connectivity index (χ3v) is 9.01. The van der Waals surface area contributed by atoms with Crippen molar-refractivity contribution < 1.29 is 29.3 Å². The van der Waals surface area contributed by atoms with Gasteiger partial charge in [0.15, 0.2) is 0 Å². The Morgan fingerprint density at radius 3 is 2.24 bits per heavy atom. The summed E-state index contributed by atoms with van der Waals surface area (Å²) in [5, 5.41) is 25.9. The molecule has 222 valence electrons. The van der Waals surface area contributed by atoms with Crippen LogP contribution >= 0.6 is 0 Å². The van der Waals surface area contributed by atoms with Gasteiger partial charge >= 0.3 is 5.97 Å². The molecule has 0 bridgehead atoms. The smallest absolute Gasteiger partial charge is 0.335 e. The molecule has 2 aromatic rings. The molecule has 3 atom stereocenters. The number of amides is 2. The molecule has 42 heavy (non-hydrogen) atoms. The van der Waals surface area contributed by atoms with Gasteiger partial charge in [-0.2, -0.15) is 0 Å². The molecule has 0 radical (unpaired) electrons.